The summed E-state index contributed by atoms with van der Waals surface area (Å²) in [5, 5.41) is 0. The van der Waals surface area contributed by atoms with Crippen LogP contribution in [0.25, 0.3) is 0 Å². The normalized spacial score (nSPS) is 21.6. The Morgan fingerprint density at radius 2 is 2.08 bits per heavy atom. The third-order valence-electron chi connectivity index (χ3n) is 5.59. The molecule has 0 radical (unpaired) electrons. The van der Waals surface area contributed by atoms with Crippen molar-refractivity contribution in [1.82, 2.24) is 9.80 Å². The Bertz CT molecular complexity index is 572. The van der Waals surface area contributed by atoms with E-state index in [1.807, 2.05) is 18.2 Å². The topological polar surface area (TPSA) is 42.0 Å². The van der Waals surface area contributed by atoms with E-state index in [0.717, 1.165) is 70.8 Å². The molecule has 5 nitrogen and oxygen atoms in total. The van der Waals surface area contributed by atoms with E-state index in [-0.39, 0.29) is 0 Å². The number of hydrogen-bond acceptors (Lipinski definition) is 4. The third kappa shape index (κ3) is 5.45. The zero-order valence-corrected chi connectivity index (χ0v) is 16.0. The summed E-state index contributed by atoms with van der Waals surface area (Å²) in [6, 6.07) is 8.44. The lowest BCUT2D eigenvalue weighted by molar-refractivity contribution is -0.135. The van der Waals surface area contributed by atoms with Crippen molar-refractivity contribution in [3.63, 3.8) is 0 Å². The van der Waals surface area contributed by atoms with Crippen LogP contribution in [0.2, 0.25) is 0 Å². The molecule has 144 valence electrons. The molecule has 3 rings (SSSR count). The van der Waals surface area contributed by atoms with Gasteiger partial charge in [0.1, 0.15) is 5.75 Å². The predicted octanol–water partition coefficient (Wildman–Crippen LogP) is 2.73. The van der Waals surface area contributed by atoms with Crippen molar-refractivity contribution in [2.75, 3.05) is 46.5 Å². The van der Waals surface area contributed by atoms with E-state index < -0.39 is 0 Å². The predicted molar refractivity (Wildman–Crippen MR) is 103 cm³/mol. The number of hydrogen-bond donors (Lipinski definition) is 0. The Labute approximate surface area is 157 Å². The lowest BCUT2D eigenvalue weighted by atomic mass is 9.98. The highest BCUT2D eigenvalue weighted by Gasteiger charge is 2.26. The number of methoxy groups -OCH3 is 1. The van der Waals surface area contributed by atoms with Crippen LogP contribution in [0.4, 0.5) is 0 Å². The molecule has 1 aromatic rings. The average Bonchev–Trinajstić information content (AvgIpc) is 2.71. The Morgan fingerprint density at radius 1 is 1.23 bits per heavy atom. The van der Waals surface area contributed by atoms with E-state index in [1.54, 1.807) is 7.11 Å². The molecule has 0 unspecified atom stereocenters. The van der Waals surface area contributed by atoms with Crippen LogP contribution in [0.1, 0.15) is 37.7 Å². The molecular formula is C21H32N2O3. The molecule has 0 N–H and O–H groups in total. The summed E-state index contributed by atoms with van der Waals surface area (Å²) in [6.07, 6.45) is 5.98. The van der Waals surface area contributed by atoms with Crippen molar-refractivity contribution in [2.45, 2.75) is 44.6 Å². The van der Waals surface area contributed by atoms with Gasteiger partial charge in [-0.2, -0.15) is 0 Å². The number of rotatable bonds is 7. The summed E-state index contributed by atoms with van der Waals surface area (Å²) in [5.74, 6) is 1.16. The molecule has 5 heteroatoms. The fraction of sp³-hybridized carbons (Fsp3) is 0.667. The summed E-state index contributed by atoms with van der Waals surface area (Å²) in [4.78, 5) is 17.5. The Kier molecular flexibility index (Phi) is 7.32. The first-order valence-corrected chi connectivity index (χ1v) is 9.99. The number of piperidine rings is 1. The molecule has 1 aromatic carbocycles. The molecule has 0 bridgehead atoms. The first-order chi connectivity index (χ1) is 12.8. The van der Waals surface area contributed by atoms with E-state index >= 15 is 0 Å². The van der Waals surface area contributed by atoms with Gasteiger partial charge in [-0.1, -0.05) is 12.1 Å². The first-order valence-electron chi connectivity index (χ1n) is 9.99. The van der Waals surface area contributed by atoms with Crippen molar-refractivity contribution in [3.05, 3.63) is 29.8 Å². The molecule has 2 fully saturated rings. The zero-order valence-electron chi connectivity index (χ0n) is 16.0. The maximum Gasteiger partial charge on any atom is 0.223 e. The molecule has 2 heterocycles. The van der Waals surface area contributed by atoms with Gasteiger partial charge in [-0.15, -0.1) is 0 Å². The molecule has 2 aliphatic heterocycles. The van der Waals surface area contributed by atoms with Crippen LogP contribution in [-0.2, 0) is 16.0 Å². The minimum Gasteiger partial charge on any atom is -0.497 e. The molecule has 0 spiro atoms. The Morgan fingerprint density at radius 3 is 2.88 bits per heavy atom. The van der Waals surface area contributed by atoms with Crippen LogP contribution >= 0.6 is 0 Å². The smallest absolute Gasteiger partial charge is 0.223 e. The summed E-state index contributed by atoms with van der Waals surface area (Å²) in [5.41, 5.74) is 1.17. The van der Waals surface area contributed by atoms with Gasteiger partial charge >= 0.3 is 0 Å². The SMILES string of the molecule is COc1cccc(CCC(=O)N2CCCC[C@@H]2CCN2CCOCC2)c1. The number of morpholine rings is 1. The lowest BCUT2D eigenvalue weighted by Crippen LogP contribution is -2.46. The van der Waals surface area contributed by atoms with Gasteiger partial charge in [0.25, 0.3) is 0 Å². The minimum atomic E-state index is 0.305. The molecule has 0 saturated carbocycles. The molecule has 1 amide bonds. The maximum absolute atomic E-state index is 12.8. The van der Waals surface area contributed by atoms with E-state index in [2.05, 4.69) is 15.9 Å². The van der Waals surface area contributed by atoms with Gasteiger partial charge in [0.15, 0.2) is 0 Å². The van der Waals surface area contributed by atoms with Crippen molar-refractivity contribution in [1.29, 1.82) is 0 Å². The lowest BCUT2D eigenvalue weighted by Gasteiger charge is -2.37. The minimum absolute atomic E-state index is 0.305. The number of carbonyl (C=O) groups is 1. The van der Waals surface area contributed by atoms with E-state index in [4.69, 9.17) is 9.47 Å². The van der Waals surface area contributed by atoms with Gasteiger partial charge in [-0.25, -0.2) is 0 Å². The number of benzene rings is 1. The summed E-state index contributed by atoms with van der Waals surface area (Å²) in [6.45, 7) is 5.73. The van der Waals surface area contributed by atoms with Gasteiger partial charge in [0.2, 0.25) is 5.91 Å². The van der Waals surface area contributed by atoms with Crippen LogP contribution in [0.15, 0.2) is 24.3 Å². The molecule has 2 aliphatic rings. The van der Waals surface area contributed by atoms with Crippen LogP contribution in [-0.4, -0.2) is 68.3 Å². The third-order valence-corrected chi connectivity index (χ3v) is 5.59. The van der Waals surface area contributed by atoms with Gasteiger partial charge < -0.3 is 14.4 Å². The average molecular weight is 360 g/mol. The van der Waals surface area contributed by atoms with Crippen LogP contribution in [0.3, 0.4) is 0 Å². The van der Waals surface area contributed by atoms with E-state index in [1.165, 1.54) is 12.0 Å². The number of carbonyl (C=O) groups excluding carboxylic acids is 1. The summed E-state index contributed by atoms with van der Waals surface area (Å²) in [7, 11) is 1.68. The van der Waals surface area contributed by atoms with Gasteiger partial charge in [0.05, 0.1) is 20.3 Å². The summed E-state index contributed by atoms with van der Waals surface area (Å²) >= 11 is 0. The second-order valence-corrected chi connectivity index (χ2v) is 7.33. The zero-order chi connectivity index (χ0) is 18.2. The fourth-order valence-corrected chi connectivity index (χ4v) is 4.01. The number of likely N-dealkylation sites (tertiary alicyclic amines) is 1. The number of nitrogens with zero attached hydrogens (tertiary/aromatic N) is 2. The maximum atomic E-state index is 12.8. The van der Waals surface area contributed by atoms with E-state index in [0.29, 0.717) is 18.4 Å². The Hall–Kier alpha value is -1.59. The van der Waals surface area contributed by atoms with Crippen molar-refractivity contribution in [3.8, 4) is 5.75 Å². The molecule has 2 saturated heterocycles. The van der Waals surface area contributed by atoms with Crippen LogP contribution in [0.5, 0.6) is 5.75 Å². The van der Waals surface area contributed by atoms with Crippen molar-refractivity contribution in [2.24, 2.45) is 0 Å². The number of amides is 1. The van der Waals surface area contributed by atoms with Gasteiger partial charge in [-0.05, 0) is 49.8 Å². The van der Waals surface area contributed by atoms with Crippen LogP contribution in [0, 0.1) is 0 Å². The summed E-state index contributed by atoms with van der Waals surface area (Å²) < 4.78 is 10.7. The van der Waals surface area contributed by atoms with E-state index in [9.17, 15) is 4.79 Å². The van der Waals surface area contributed by atoms with Crippen molar-refractivity contribution < 1.29 is 14.3 Å². The second kappa shape index (κ2) is 9.93. The highest BCUT2D eigenvalue weighted by molar-refractivity contribution is 5.77. The number of aryl methyl sites for hydroxylation is 1. The highest BCUT2D eigenvalue weighted by Crippen LogP contribution is 2.22. The fourth-order valence-electron chi connectivity index (χ4n) is 4.01. The van der Waals surface area contributed by atoms with Crippen LogP contribution < -0.4 is 4.74 Å². The number of ether oxygens (including phenoxy) is 2. The highest BCUT2D eigenvalue weighted by atomic mass is 16.5. The van der Waals surface area contributed by atoms with Gasteiger partial charge in [-0.3, -0.25) is 9.69 Å². The quantitative estimate of drug-likeness (QED) is 0.750. The van der Waals surface area contributed by atoms with Crippen molar-refractivity contribution >= 4 is 5.91 Å². The molecule has 0 aromatic heterocycles. The molecule has 0 aliphatic carbocycles. The standard InChI is InChI=1S/C21H32N2O3/c1-25-20-7-4-5-18(17-20)8-9-21(24)23-11-3-2-6-19(23)10-12-22-13-15-26-16-14-22/h4-5,7,17,19H,2-3,6,8-16H2,1H3/t19-/m1/s1. The molecular weight excluding hydrogens is 328 g/mol. The first kappa shape index (κ1) is 19.2. The largest absolute Gasteiger partial charge is 0.497 e. The molecule has 26 heavy (non-hydrogen) atoms. The van der Waals surface area contributed by atoms with Gasteiger partial charge in [0, 0.05) is 38.6 Å². The Balaban J connectivity index is 1.50. The second-order valence-electron chi connectivity index (χ2n) is 7.33. The monoisotopic (exact) mass is 360 g/mol. The molecule has 1 atom stereocenters.